The summed E-state index contributed by atoms with van der Waals surface area (Å²) in [6.07, 6.45) is 0. The summed E-state index contributed by atoms with van der Waals surface area (Å²) in [4.78, 5) is 34.6. The molecular formula is C38H132O8Si10. The van der Waals surface area contributed by atoms with E-state index < -0.39 is 84.1 Å². The largest absolute Gasteiger partial charge is 0.458 e. The Kier molecular flexibility index (Phi) is 111. The van der Waals surface area contributed by atoms with Gasteiger partial charge in [0.15, 0.2) is 68.0 Å². The average Bonchev–Trinajstić information content (AvgIpc) is 2.38. The Morgan fingerprint density at radius 3 is 0.321 bits per heavy atom. The van der Waals surface area contributed by atoms with Gasteiger partial charge in [0.1, 0.15) is 0 Å². The quantitative estimate of drug-likeness (QED) is 0.205. The van der Waals surface area contributed by atoms with Crippen LogP contribution in [0.5, 0.6) is 0 Å². The van der Waals surface area contributed by atoms with Crippen LogP contribution in [0, 0.1) is 0 Å². The van der Waals surface area contributed by atoms with Crippen molar-refractivity contribution in [3.05, 3.63) is 0 Å². The van der Waals surface area contributed by atoms with E-state index in [9.17, 15) is 0 Å². The zero-order chi connectivity index (χ0) is 40.6. The van der Waals surface area contributed by atoms with Crippen molar-refractivity contribution in [3.8, 4) is 0 Å². The first-order valence-corrected chi connectivity index (χ1v) is 51.3. The fourth-order valence-corrected chi connectivity index (χ4v) is 12.7. The molecule has 0 aliphatic heterocycles. The lowest BCUT2D eigenvalue weighted by Gasteiger charge is -2.19. The highest BCUT2D eigenvalue weighted by atomic mass is 28.4. The third kappa shape index (κ3) is 1200. The first-order chi connectivity index (χ1) is 18.8. The lowest BCUT2D eigenvalue weighted by Crippen LogP contribution is -2.31. The summed E-state index contributed by atoms with van der Waals surface area (Å²) in [6.45, 7) is 63.5. The van der Waals surface area contributed by atoms with Crippen LogP contribution in [0.3, 0.4) is 0 Å². The maximum Gasteiger partial charge on any atom is 0.179 e. The van der Waals surface area contributed by atoms with Gasteiger partial charge in [-0.25, -0.2) is 0 Å². The molecule has 0 fully saturated rings. The molecule has 0 aromatic carbocycles. The van der Waals surface area contributed by atoms with E-state index in [1.807, 2.05) is 78.6 Å². The van der Waals surface area contributed by atoms with E-state index in [2.05, 4.69) is 118 Å². The summed E-state index contributed by atoms with van der Waals surface area (Å²) in [5.74, 6) is 0. The third-order valence-electron chi connectivity index (χ3n) is 1.18. The maximum absolute atomic E-state index is 8.66. The van der Waals surface area contributed by atoms with Gasteiger partial charge in [0.25, 0.3) is 0 Å². The molecule has 18 heteroatoms. The molecule has 8 N–H and O–H groups in total. The Morgan fingerprint density at radius 1 is 0.268 bits per heavy atom. The SMILES string of the molecule is C.C.C.C.C.C.C.C.C[SiH](C)O[Si](C)(C)C.C[SiH](C)O[Si](C)(C)C.C[Si](C)(C)C.C[Si](C)(C)C.C[Si](C)(C)O.C[Si](C)(C)O.C[Si](C)(C)O.C[Si](C)(C)O.O.O. The smallest absolute Gasteiger partial charge is 0.179 e. The van der Waals surface area contributed by atoms with Gasteiger partial charge in [0.2, 0.25) is 0 Å². The van der Waals surface area contributed by atoms with Crippen molar-refractivity contribution in [3.63, 3.8) is 0 Å². The Labute approximate surface area is 376 Å². The molecule has 0 spiro atoms. The third-order valence-corrected chi connectivity index (χ3v) is 10.6. The van der Waals surface area contributed by atoms with Crippen LogP contribution in [0.1, 0.15) is 59.4 Å². The predicted octanol–water partition coefficient (Wildman–Crippen LogP) is 14.2. The van der Waals surface area contributed by atoms with Crippen molar-refractivity contribution >= 4 is 84.1 Å². The Hall–Kier alpha value is 1.85. The Bertz CT molecular complexity index is 490. The minimum atomic E-state index is -1.61. The van der Waals surface area contributed by atoms with E-state index in [0.717, 1.165) is 0 Å². The van der Waals surface area contributed by atoms with E-state index in [1.54, 1.807) is 0 Å². The topological polar surface area (TPSA) is 162 Å². The summed E-state index contributed by atoms with van der Waals surface area (Å²) in [6, 6.07) is 0. The number of rotatable bonds is 4. The highest BCUT2D eigenvalue weighted by molar-refractivity contribution is 6.77. The van der Waals surface area contributed by atoms with Gasteiger partial charge in [-0.1, -0.05) is 112 Å². The zero-order valence-electron chi connectivity index (χ0n) is 38.8. The lowest BCUT2D eigenvalue weighted by atomic mass is 11.8. The molecule has 0 aliphatic rings. The molecule has 0 unspecified atom stereocenters. The van der Waals surface area contributed by atoms with Gasteiger partial charge < -0.3 is 38.4 Å². The van der Waals surface area contributed by atoms with Crippen LogP contribution in [-0.4, -0.2) is 114 Å². The van der Waals surface area contributed by atoms with Gasteiger partial charge in [0, 0.05) is 16.1 Å². The maximum atomic E-state index is 8.66. The average molecular weight is 998 g/mol. The van der Waals surface area contributed by atoms with Crippen LogP contribution in [0.15, 0.2) is 0 Å². The normalized spacial score (nSPS) is 10.1. The Morgan fingerprint density at radius 2 is 0.321 bits per heavy atom. The van der Waals surface area contributed by atoms with Gasteiger partial charge in [-0.2, -0.15) is 0 Å². The number of hydrogen-bond donors (Lipinski definition) is 4. The fraction of sp³-hybridized carbons (Fsp3) is 1.00. The first kappa shape index (κ1) is 118. The molecule has 0 heterocycles. The molecule has 0 aliphatic carbocycles. The minimum absolute atomic E-state index is 0. The van der Waals surface area contributed by atoms with E-state index in [1.165, 1.54) is 0 Å². The second kappa shape index (κ2) is 53.0. The van der Waals surface area contributed by atoms with Crippen molar-refractivity contribution in [2.24, 2.45) is 0 Å². The molecule has 372 valence electrons. The van der Waals surface area contributed by atoms with Crippen molar-refractivity contribution in [1.82, 2.24) is 0 Å². The van der Waals surface area contributed by atoms with Crippen molar-refractivity contribution in [1.29, 1.82) is 0 Å². The second-order valence-electron chi connectivity index (χ2n) is 21.2. The Balaban J connectivity index is -0.0000000181. The number of hydrogen-bond acceptors (Lipinski definition) is 6. The molecule has 0 aromatic heterocycles. The molecular weight excluding hydrogens is 865 g/mol. The monoisotopic (exact) mass is 997 g/mol. The summed E-state index contributed by atoms with van der Waals surface area (Å²) < 4.78 is 11.4. The molecule has 0 radical (unpaired) electrons. The lowest BCUT2D eigenvalue weighted by molar-refractivity contribution is 0.559. The molecule has 0 saturated carbocycles. The van der Waals surface area contributed by atoms with Gasteiger partial charge in [-0.05, 0) is 144 Å². The van der Waals surface area contributed by atoms with Crippen molar-refractivity contribution < 1.29 is 38.4 Å². The van der Waals surface area contributed by atoms with Crippen LogP contribution < -0.4 is 0 Å². The van der Waals surface area contributed by atoms with Gasteiger partial charge in [-0.3, -0.25) is 0 Å². The summed E-state index contributed by atoms with van der Waals surface area (Å²) in [7, 11) is -11.5. The first-order valence-electron chi connectivity index (χ1n) is 17.1. The van der Waals surface area contributed by atoms with E-state index in [0.29, 0.717) is 0 Å². The van der Waals surface area contributed by atoms with Crippen molar-refractivity contribution in [2.45, 2.75) is 256 Å². The van der Waals surface area contributed by atoms with Crippen LogP contribution in [0.2, 0.25) is 196 Å². The minimum Gasteiger partial charge on any atom is -0.458 e. The highest BCUT2D eigenvalue weighted by Gasteiger charge is 2.15. The van der Waals surface area contributed by atoms with Crippen LogP contribution >= 0.6 is 0 Å². The second-order valence-corrected chi connectivity index (χ2v) is 65.1. The van der Waals surface area contributed by atoms with E-state index in [-0.39, 0.29) is 70.4 Å². The van der Waals surface area contributed by atoms with E-state index in [4.69, 9.17) is 27.4 Å². The van der Waals surface area contributed by atoms with E-state index >= 15 is 0 Å². The van der Waals surface area contributed by atoms with Gasteiger partial charge in [-0.15, -0.1) is 0 Å². The molecule has 56 heavy (non-hydrogen) atoms. The zero-order valence-corrected chi connectivity index (χ0v) is 49.1. The predicted molar refractivity (Wildman–Crippen MR) is 308 cm³/mol. The summed E-state index contributed by atoms with van der Waals surface area (Å²) in [5.41, 5.74) is 0. The molecule has 0 bridgehead atoms. The summed E-state index contributed by atoms with van der Waals surface area (Å²) in [5, 5.41) is 0. The highest BCUT2D eigenvalue weighted by Crippen LogP contribution is 2.04. The molecule has 8 nitrogen and oxygen atoms in total. The van der Waals surface area contributed by atoms with Crippen LogP contribution in [0.25, 0.3) is 0 Å². The summed E-state index contributed by atoms with van der Waals surface area (Å²) >= 11 is 0. The van der Waals surface area contributed by atoms with Gasteiger partial charge in [0.05, 0.1) is 0 Å². The molecule has 0 rings (SSSR count). The standard InChI is InChI=1S/2C5H16OSi2.2C4H12Si.4C3H10OSi.8CH4.2H2O/c2*1-7(2)6-8(3,4)5;6*1-5(2,3)4;;;;;;;;;;/h2*7H,1-5H3;2*1-4H3;4*4H,1-3H3;8*1H4;2*1H2. The van der Waals surface area contributed by atoms with Crippen LogP contribution in [0.4, 0.5) is 0 Å². The molecule has 0 aromatic rings. The fourth-order valence-electron chi connectivity index (χ4n) is 1.41. The molecule has 0 amide bonds. The van der Waals surface area contributed by atoms with Crippen LogP contribution in [-0.2, 0) is 8.23 Å². The molecule has 0 saturated heterocycles. The van der Waals surface area contributed by atoms with Crippen molar-refractivity contribution in [2.75, 3.05) is 0 Å². The van der Waals surface area contributed by atoms with Gasteiger partial charge >= 0.3 is 0 Å². The molecule has 0 atom stereocenters.